The highest BCUT2D eigenvalue weighted by atomic mass is 16.3. The maximum atomic E-state index is 11.9. The summed E-state index contributed by atoms with van der Waals surface area (Å²) in [5.41, 5.74) is 3.96. The SMILES string of the molecule is CC(C=C([O-])c1ccccc1)=NNC(=O)c1ccccc1. The van der Waals surface area contributed by atoms with Gasteiger partial charge < -0.3 is 5.11 Å². The molecule has 21 heavy (non-hydrogen) atoms. The van der Waals surface area contributed by atoms with E-state index in [9.17, 15) is 9.90 Å². The summed E-state index contributed by atoms with van der Waals surface area (Å²) in [6.45, 7) is 1.66. The first-order valence-corrected chi connectivity index (χ1v) is 6.50. The second-order valence-corrected chi connectivity index (χ2v) is 4.43. The Hall–Kier alpha value is -2.88. The van der Waals surface area contributed by atoms with Crippen LogP contribution in [0.25, 0.3) is 5.76 Å². The highest BCUT2D eigenvalue weighted by Crippen LogP contribution is 2.07. The standard InChI is InChI=1S/C17H16N2O2/c1-13(12-16(20)14-8-4-2-5-9-14)18-19-17(21)15-10-6-3-7-11-15/h2-12,20H,1H3,(H,19,21)/p-1. The van der Waals surface area contributed by atoms with Crippen molar-refractivity contribution in [2.24, 2.45) is 5.10 Å². The van der Waals surface area contributed by atoms with Gasteiger partial charge >= 0.3 is 0 Å². The van der Waals surface area contributed by atoms with Gasteiger partial charge in [0.05, 0.1) is 5.71 Å². The third kappa shape index (κ3) is 4.31. The van der Waals surface area contributed by atoms with E-state index in [1.54, 1.807) is 55.5 Å². The van der Waals surface area contributed by atoms with E-state index >= 15 is 0 Å². The van der Waals surface area contributed by atoms with Crippen LogP contribution < -0.4 is 10.5 Å². The molecule has 0 aliphatic rings. The smallest absolute Gasteiger partial charge is 0.271 e. The largest absolute Gasteiger partial charge is 0.872 e. The molecule has 1 N–H and O–H groups in total. The minimum Gasteiger partial charge on any atom is -0.872 e. The Morgan fingerprint density at radius 1 is 1.00 bits per heavy atom. The minimum absolute atomic E-state index is 0.147. The number of carbonyl (C=O) groups is 1. The van der Waals surface area contributed by atoms with Gasteiger partial charge in [0.2, 0.25) is 0 Å². The van der Waals surface area contributed by atoms with E-state index in [1.165, 1.54) is 6.08 Å². The number of nitrogens with zero attached hydrogens (tertiary/aromatic N) is 1. The van der Waals surface area contributed by atoms with E-state index in [0.717, 1.165) is 0 Å². The third-order valence-electron chi connectivity index (χ3n) is 2.77. The average molecular weight is 279 g/mol. The van der Waals surface area contributed by atoms with Crippen molar-refractivity contribution in [3.8, 4) is 0 Å². The normalized spacial score (nSPS) is 12.0. The molecule has 0 saturated carbocycles. The van der Waals surface area contributed by atoms with Crippen molar-refractivity contribution in [2.75, 3.05) is 0 Å². The fraction of sp³-hybridized carbons (Fsp3) is 0.0588. The van der Waals surface area contributed by atoms with Crippen LogP contribution in [-0.4, -0.2) is 11.6 Å². The molecule has 0 atom stereocenters. The van der Waals surface area contributed by atoms with Gasteiger partial charge in [-0.05, 0) is 30.7 Å². The molecule has 2 rings (SSSR count). The van der Waals surface area contributed by atoms with E-state index in [4.69, 9.17) is 0 Å². The maximum Gasteiger partial charge on any atom is 0.271 e. The van der Waals surface area contributed by atoms with E-state index in [-0.39, 0.29) is 11.7 Å². The van der Waals surface area contributed by atoms with E-state index in [1.807, 2.05) is 12.1 Å². The van der Waals surface area contributed by atoms with Crippen LogP contribution in [0.4, 0.5) is 0 Å². The molecule has 0 fully saturated rings. The molecule has 0 aliphatic heterocycles. The lowest BCUT2D eigenvalue weighted by molar-refractivity contribution is -0.243. The highest BCUT2D eigenvalue weighted by Gasteiger charge is 2.01. The lowest BCUT2D eigenvalue weighted by Gasteiger charge is -2.11. The Morgan fingerprint density at radius 2 is 1.52 bits per heavy atom. The highest BCUT2D eigenvalue weighted by molar-refractivity contribution is 6.00. The van der Waals surface area contributed by atoms with Crippen molar-refractivity contribution in [1.29, 1.82) is 0 Å². The second kappa shape index (κ2) is 7.05. The Morgan fingerprint density at radius 3 is 2.10 bits per heavy atom. The summed E-state index contributed by atoms with van der Waals surface area (Å²) in [6, 6.07) is 17.7. The van der Waals surface area contributed by atoms with Crippen LogP contribution in [0.1, 0.15) is 22.8 Å². The molecule has 4 nitrogen and oxygen atoms in total. The number of hydrogen-bond donors (Lipinski definition) is 1. The van der Waals surface area contributed by atoms with Gasteiger partial charge in [-0.15, -0.1) is 0 Å². The van der Waals surface area contributed by atoms with Crippen LogP contribution in [-0.2, 0) is 0 Å². The molecule has 0 unspecified atom stereocenters. The minimum atomic E-state index is -0.310. The van der Waals surface area contributed by atoms with E-state index in [2.05, 4.69) is 10.5 Å². The number of amides is 1. The zero-order valence-corrected chi connectivity index (χ0v) is 11.6. The lowest BCUT2D eigenvalue weighted by Crippen LogP contribution is -2.18. The number of hydrogen-bond acceptors (Lipinski definition) is 3. The Labute approximate surface area is 123 Å². The van der Waals surface area contributed by atoms with Crippen molar-refractivity contribution in [1.82, 2.24) is 5.43 Å². The summed E-state index contributed by atoms with van der Waals surface area (Å²) < 4.78 is 0. The van der Waals surface area contributed by atoms with Gasteiger partial charge in [-0.25, -0.2) is 5.43 Å². The van der Waals surface area contributed by atoms with Gasteiger partial charge in [0.25, 0.3) is 5.91 Å². The molecule has 4 heteroatoms. The third-order valence-corrected chi connectivity index (χ3v) is 2.77. The van der Waals surface area contributed by atoms with E-state index in [0.29, 0.717) is 16.8 Å². The summed E-state index contributed by atoms with van der Waals surface area (Å²) in [7, 11) is 0. The predicted molar refractivity (Wildman–Crippen MR) is 81.4 cm³/mol. The van der Waals surface area contributed by atoms with Crippen LogP contribution in [0, 0.1) is 0 Å². The van der Waals surface area contributed by atoms with Gasteiger partial charge in [0, 0.05) is 5.56 Å². The van der Waals surface area contributed by atoms with Gasteiger partial charge in [0.15, 0.2) is 0 Å². The number of allylic oxidation sites excluding steroid dienone is 1. The monoisotopic (exact) mass is 279 g/mol. The lowest BCUT2D eigenvalue weighted by atomic mass is 10.1. The predicted octanol–water partition coefficient (Wildman–Crippen LogP) is 2.19. The summed E-state index contributed by atoms with van der Waals surface area (Å²) in [5.74, 6) is -0.457. The molecule has 0 saturated heterocycles. The van der Waals surface area contributed by atoms with Crippen molar-refractivity contribution >= 4 is 17.4 Å². The van der Waals surface area contributed by atoms with Crippen LogP contribution in [0.5, 0.6) is 0 Å². The molecule has 0 spiro atoms. The summed E-state index contributed by atoms with van der Waals surface area (Å²) in [4.78, 5) is 11.8. The molecule has 0 bridgehead atoms. The first-order valence-electron chi connectivity index (χ1n) is 6.50. The zero-order chi connectivity index (χ0) is 15.1. The van der Waals surface area contributed by atoms with Gasteiger partial charge in [-0.2, -0.15) is 5.10 Å². The topological polar surface area (TPSA) is 64.5 Å². The molecular weight excluding hydrogens is 264 g/mol. The second-order valence-electron chi connectivity index (χ2n) is 4.43. The number of rotatable bonds is 4. The molecular formula is C17H15N2O2-. The van der Waals surface area contributed by atoms with Crippen LogP contribution >= 0.6 is 0 Å². The maximum absolute atomic E-state index is 11.9. The molecule has 2 aromatic carbocycles. The van der Waals surface area contributed by atoms with Crippen LogP contribution in [0.3, 0.4) is 0 Å². The van der Waals surface area contributed by atoms with E-state index < -0.39 is 0 Å². The fourth-order valence-corrected chi connectivity index (χ4v) is 1.70. The zero-order valence-electron chi connectivity index (χ0n) is 11.6. The molecule has 0 aliphatic carbocycles. The number of carbonyl (C=O) groups excluding carboxylic acids is 1. The number of benzene rings is 2. The average Bonchev–Trinajstić information content (AvgIpc) is 2.54. The summed E-state index contributed by atoms with van der Waals surface area (Å²) >= 11 is 0. The van der Waals surface area contributed by atoms with Gasteiger partial charge in [-0.1, -0.05) is 54.3 Å². The fourth-order valence-electron chi connectivity index (χ4n) is 1.70. The number of nitrogens with one attached hydrogen (secondary N) is 1. The Bertz CT molecular complexity index is 662. The van der Waals surface area contributed by atoms with Gasteiger partial charge in [-0.3, -0.25) is 4.79 Å². The quantitative estimate of drug-likeness (QED) is 0.529. The molecule has 0 radical (unpaired) electrons. The van der Waals surface area contributed by atoms with Crippen molar-refractivity contribution in [3.05, 3.63) is 77.9 Å². The van der Waals surface area contributed by atoms with Crippen molar-refractivity contribution < 1.29 is 9.90 Å². The van der Waals surface area contributed by atoms with Gasteiger partial charge in [0.1, 0.15) is 0 Å². The first kappa shape index (κ1) is 14.5. The Balaban J connectivity index is 2.03. The number of hydrazone groups is 1. The molecule has 0 heterocycles. The van der Waals surface area contributed by atoms with Crippen LogP contribution in [0.15, 0.2) is 71.8 Å². The summed E-state index contributed by atoms with van der Waals surface area (Å²) in [5, 5.41) is 15.8. The molecule has 106 valence electrons. The molecule has 1 amide bonds. The molecule has 2 aromatic rings. The Kier molecular flexibility index (Phi) is 4.88. The van der Waals surface area contributed by atoms with Crippen LogP contribution in [0.2, 0.25) is 0 Å². The van der Waals surface area contributed by atoms with Crippen molar-refractivity contribution in [3.63, 3.8) is 0 Å². The molecule has 0 aromatic heterocycles. The van der Waals surface area contributed by atoms with Crippen molar-refractivity contribution in [2.45, 2.75) is 6.92 Å². The first-order chi connectivity index (χ1) is 10.2. The summed E-state index contributed by atoms with van der Waals surface area (Å²) in [6.07, 6.45) is 1.39.